The quantitative estimate of drug-likeness (QED) is 0.188. The molecule has 250 valence electrons. The average molecular weight is 649 g/mol. The van der Waals surface area contributed by atoms with E-state index in [0.29, 0.717) is 61.2 Å². The highest BCUT2D eigenvalue weighted by Gasteiger charge is 2.34. The van der Waals surface area contributed by atoms with Crippen molar-refractivity contribution in [2.45, 2.75) is 46.2 Å². The van der Waals surface area contributed by atoms with Crippen LogP contribution < -0.4 is 24.2 Å². The summed E-state index contributed by atoms with van der Waals surface area (Å²) in [6.45, 7) is 10.0. The highest BCUT2D eigenvalue weighted by molar-refractivity contribution is 6.05. The first-order valence-corrected chi connectivity index (χ1v) is 16.7. The van der Waals surface area contributed by atoms with Gasteiger partial charge in [-0.1, -0.05) is 50.2 Å². The molecule has 0 atom stereocenters. The van der Waals surface area contributed by atoms with Crippen molar-refractivity contribution in [3.63, 3.8) is 0 Å². The van der Waals surface area contributed by atoms with Gasteiger partial charge in [-0.15, -0.1) is 0 Å². The van der Waals surface area contributed by atoms with Crippen LogP contribution in [0.3, 0.4) is 0 Å². The van der Waals surface area contributed by atoms with E-state index in [9.17, 15) is 9.59 Å². The number of ether oxygens (including phenoxy) is 2. The summed E-state index contributed by atoms with van der Waals surface area (Å²) < 4.78 is 11.0. The van der Waals surface area contributed by atoms with Crippen molar-refractivity contribution in [2.24, 2.45) is 0 Å². The number of benzene rings is 3. The summed E-state index contributed by atoms with van der Waals surface area (Å²) in [5.41, 5.74) is 5.73. The largest absolute Gasteiger partial charge is 0.497 e. The second kappa shape index (κ2) is 14.9. The predicted molar refractivity (Wildman–Crippen MR) is 188 cm³/mol. The zero-order valence-electron chi connectivity index (χ0n) is 28.3. The van der Waals surface area contributed by atoms with Crippen LogP contribution in [0.1, 0.15) is 48.3 Å². The number of hydrogen-bond acceptors (Lipinski definition) is 8. The molecule has 3 aromatic carbocycles. The van der Waals surface area contributed by atoms with Crippen molar-refractivity contribution < 1.29 is 19.1 Å². The van der Waals surface area contributed by atoms with E-state index < -0.39 is 0 Å². The van der Waals surface area contributed by atoms with Gasteiger partial charge in [-0.3, -0.25) is 14.6 Å². The summed E-state index contributed by atoms with van der Waals surface area (Å²) >= 11 is 0. The van der Waals surface area contributed by atoms with E-state index in [1.807, 2.05) is 49.5 Å². The Morgan fingerprint density at radius 2 is 1.46 bits per heavy atom. The van der Waals surface area contributed by atoms with Gasteiger partial charge in [-0.2, -0.15) is 0 Å². The number of hydrogen-bond donors (Lipinski definition) is 0. The van der Waals surface area contributed by atoms with E-state index in [0.717, 1.165) is 55.0 Å². The highest BCUT2D eigenvalue weighted by atomic mass is 16.5. The molecule has 0 N–H and O–H groups in total. The van der Waals surface area contributed by atoms with Gasteiger partial charge in [0.2, 0.25) is 0 Å². The number of anilines is 3. The van der Waals surface area contributed by atoms with Gasteiger partial charge in [0.05, 0.1) is 33.0 Å². The maximum Gasteiger partial charge on any atom is 0.330 e. The number of aromatic nitrogens is 2. The minimum Gasteiger partial charge on any atom is -0.497 e. The van der Waals surface area contributed by atoms with Crippen LogP contribution in [0.15, 0.2) is 72.9 Å². The third-order valence-electron chi connectivity index (χ3n) is 9.23. The van der Waals surface area contributed by atoms with Crippen molar-refractivity contribution in [3.05, 3.63) is 101 Å². The molecule has 6 rings (SSSR count). The molecule has 0 aliphatic carbocycles. The number of Topliss-reactive ketones (excluding diaryl/α,β-unsaturated/α-hetero) is 1. The van der Waals surface area contributed by atoms with Gasteiger partial charge in [0.25, 0.3) is 0 Å². The Labute approximate surface area is 282 Å². The first kappa shape index (κ1) is 33.0. The minimum absolute atomic E-state index is 0.195. The third-order valence-corrected chi connectivity index (χ3v) is 9.23. The Kier molecular flexibility index (Phi) is 10.2. The smallest absolute Gasteiger partial charge is 0.330 e. The lowest BCUT2D eigenvalue weighted by Gasteiger charge is -2.36. The van der Waals surface area contributed by atoms with Gasteiger partial charge in [0, 0.05) is 81.1 Å². The maximum absolute atomic E-state index is 14.3. The molecule has 0 unspecified atom stereocenters. The molecule has 0 spiro atoms. The van der Waals surface area contributed by atoms with Crippen LogP contribution in [0.4, 0.5) is 22.0 Å². The number of fused-ring (bicyclic) bond motifs is 1. The van der Waals surface area contributed by atoms with Crippen molar-refractivity contribution in [1.82, 2.24) is 14.9 Å². The van der Waals surface area contributed by atoms with Gasteiger partial charge >= 0.3 is 6.03 Å². The standard InChI is InChI=1S/C38H44N6O4/c1-5-33(45)19-27-7-9-29(10-8-27)25-44-37-30(26-43(38(44)46)32-21-34(47-3)23-35(22-32)48-4)24-39-36(40-37)20-28-11-13-31(14-12-28)42-17-15-41(6-2)16-18-42/h7-14,21-24H,5-6,15-20,25-26H2,1-4H3. The summed E-state index contributed by atoms with van der Waals surface area (Å²) in [4.78, 5) is 44.4. The summed E-state index contributed by atoms with van der Waals surface area (Å²) in [6, 6.07) is 21.8. The number of carbonyl (C=O) groups is 2. The zero-order chi connectivity index (χ0) is 33.6. The number of urea groups is 1. The molecule has 0 bridgehead atoms. The molecule has 0 radical (unpaired) electrons. The van der Waals surface area contributed by atoms with Gasteiger partial charge in [0.1, 0.15) is 28.9 Å². The topological polar surface area (TPSA) is 91.3 Å². The molecule has 1 saturated heterocycles. The second-order valence-electron chi connectivity index (χ2n) is 12.3. The minimum atomic E-state index is -0.208. The number of rotatable bonds is 12. The van der Waals surface area contributed by atoms with Crippen LogP contribution in [0, 0.1) is 0 Å². The second-order valence-corrected chi connectivity index (χ2v) is 12.3. The SMILES string of the molecule is CCC(=O)Cc1ccc(CN2C(=O)N(c3cc(OC)cc(OC)c3)Cc3cnc(Cc4ccc(N5CCN(CC)CC5)cc4)nc32)cc1. The Balaban J connectivity index is 1.27. The van der Waals surface area contributed by atoms with Crippen LogP contribution in [0.5, 0.6) is 11.5 Å². The Hall–Kier alpha value is -4.96. The Morgan fingerprint density at radius 1 is 0.812 bits per heavy atom. The molecule has 0 saturated carbocycles. The lowest BCUT2D eigenvalue weighted by molar-refractivity contribution is -0.118. The van der Waals surface area contributed by atoms with E-state index in [-0.39, 0.29) is 11.8 Å². The maximum atomic E-state index is 14.3. The fraction of sp³-hybridized carbons (Fsp3) is 0.368. The van der Waals surface area contributed by atoms with Crippen molar-refractivity contribution >= 4 is 29.0 Å². The van der Waals surface area contributed by atoms with E-state index in [4.69, 9.17) is 19.4 Å². The number of ketones is 1. The molecule has 1 fully saturated rings. The normalized spacial score (nSPS) is 15.0. The highest BCUT2D eigenvalue weighted by Crippen LogP contribution is 2.35. The van der Waals surface area contributed by atoms with E-state index >= 15 is 0 Å². The van der Waals surface area contributed by atoms with Crippen molar-refractivity contribution in [2.75, 3.05) is 61.6 Å². The van der Waals surface area contributed by atoms with Crippen LogP contribution in [-0.4, -0.2) is 73.6 Å². The lowest BCUT2D eigenvalue weighted by Crippen LogP contribution is -2.47. The fourth-order valence-electron chi connectivity index (χ4n) is 6.26. The first-order valence-electron chi connectivity index (χ1n) is 16.7. The van der Waals surface area contributed by atoms with Gasteiger partial charge in [0.15, 0.2) is 0 Å². The molecular formula is C38H44N6O4. The van der Waals surface area contributed by atoms with E-state index in [1.165, 1.54) is 5.69 Å². The van der Waals surface area contributed by atoms with E-state index in [1.54, 1.807) is 30.1 Å². The molecule has 2 amide bonds. The van der Waals surface area contributed by atoms with Crippen molar-refractivity contribution in [1.29, 1.82) is 0 Å². The summed E-state index contributed by atoms with van der Waals surface area (Å²) in [5, 5.41) is 0. The Morgan fingerprint density at radius 3 is 2.08 bits per heavy atom. The number of amides is 2. The molecule has 10 nitrogen and oxygen atoms in total. The summed E-state index contributed by atoms with van der Waals surface area (Å²) in [7, 11) is 3.18. The summed E-state index contributed by atoms with van der Waals surface area (Å²) in [6.07, 6.45) is 3.30. The molecule has 48 heavy (non-hydrogen) atoms. The van der Waals surface area contributed by atoms with Crippen LogP contribution in [-0.2, 0) is 30.7 Å². The number of nitrogens with zero attached hydrogens (tertiary/aromatic N) is 6. The molecule has 10 heteroatoms. The molecular weight excluding hydrogens is 604 g/mol. The third kappa shape index (κ3) is 7.44. The monoisotopic (exact) mass is 648 g/mol. The molecule has 4 aromatic rings. The lowest BCUT2D eigenvalue weighted by atomic mass is 10.0. The van der Waals surface area contributed by atoms with Crippen molar-refractivity contribution in [3.8, 4) is 11.5 Å². The van der Waals surface area contributed by atoms with E-state index in [2.05, 4.69) is 41.0 Å². The number of piperazine rings is 1. The number of likely N-dealkylation sites (N-methyl/N-ethyl adjacent to an activating group) is 1. The van der Waals surface area contributed by atoms with Gasteiger partial charge in [-0.05, 0) is 35.4 Å². The van der Waals surface area contributed by atoms with Gasteiger partial charge < -0.3 is 19.3 Å². The van der Waals surface area contributed by atoms with Crippen LogP contribution in [0.25, 0.3) is 0 Å². The van der Waals surface area contributed by atoms with Crippen LogP contribution >= 0.6 is 0 Å². The van der Waals surface area contributed by atoms with Gasteiger partial charge in [-0.25, -0.2) is 14.8 Å². The zero-order valence-corrected chi connectivity index (χ0v) is 28.3. The number of carbonyl (C=O) groups excluding carboxylic acids is 2. The molecule has 2 aliphatic heterocycles. The molecule has 1 aromatic heterocycles. The average Bonchev–Trinajstić information content (AvgIpc) is 3.13. The molecule has 3 heterocycles. The number of methoxy groups -OCH3 is 2. The molecule has 2 aliphatic rings. The predicted octanol–water partition coefficient (Wildman–Crippen LogP) is 5.89. The first-order chi connectivity index (χ1) is 23.4. The summed E-state index contributed by atoms with van der Waals surface area (Å²) in [5.74, 6) is 2.63. The fourth-order valence-corrected chi connectivity index (χ4v) is 6.26. The van der Waals surface area contributed by atoms with Crippen LogP contribution in [0.2, 0.25) is 0 Å². The Bertz CT molecular complexity index is 1710.